The predicted molar refractivity (Wildman–Crippen MR) is 162 cm³/mol. The third kappa shape index (κ3) is 6.63. The largest absolute Gasteiger partial charge is 0.382 e. The third-order valence-corrected chi connectivity index (χ3v) is 8.19. The molecular formula is C32H32O6S2. The maximum atomic E-state index is 11.5. The van der Waals surface area contributed by atoms with Gasteiger partial charge in [0.25, 0.3) is 10.1 Å². The quantitative estimate of drug-likeness (QED) is 0.168. The van der Waals surface area contributed by atoms with Gasteiger partial charge >= 0.3 is 10.1 Å². The van der Waals surface area contributed by atoms with Crippen molar-refractivity contribution in [3.8, 4) is 5.75 Å². The summed E-state index contributed by atoms with van der Waals surface area (Å²) in [5.41, 5.74) is 3.74. The molecule has 40 heavy (non-hydrogen) atoms. The fourth-order valence-electron chi connectivity index (χ4n) is 5.38. The van der Waals surface area contributed by atoms with E-state index in [1.54, 1.807) is 29.3 Å². The van der Waals surface area contributed by atoms with Crippen LogP contribution in [0.1, 0.15) is 29.5 Å². The predicted octanol–water partition coefficient (Wildman–Crippen LogP) is 6.57. The first-order chi connectivity index (χ1) is 19.1. The minimum Gasteiger partial charge on any atom is -0.382 e. The summed E-state index contributed by atoms with van der Waals surface area (Å²) < 4.78 is 54.8. The van der Waals surface area contributed by atoms with Gasteiger partial charge in [0.15, 0.2) is 5.75 Å². The highest BCUT2D eigenvalue weighted by Gasteiger charge is 2.15. The van der Waals surface area contributed by atoms with Crippen molar-refractivity contribution in [2.45, 2.75) is 32.1 Å². The van der Waals surface area contributed by atoms with Crippen LogP contribution >= 0.6 is 0 Å². The molecule has 6 rings (SSSR count). The number of hydrogen-bond acceptors (Lipinski definition) is 6. The van der Waals surface area contributed by atoms with E-state index in [0.717, 1.165) is 17.9 Å². The van der Waals surface area contributed by atoms with E-state index >= 15 is 0 Å². The van der Waals surface area contributed by atoms with Gasteiger partial charge in [-0.3, -0.25) is 4.18 Å². The molecule has 1 aliphatic rings. The normalized spacial score (nSPS) is 13.6. The average molecular weight is 577 g/mol. The van der Waals surface area contributed by atoms with Crippen LogP contribution in [0.25, 0.3) is 32.3 Å². The van der Waals surface area contributed by atoms with Crippen LogP contribution < -0.4 is 4.18 Å². The van der Waals surface area contributed by atoms with E-state index in [4.69, 9.17) is 8.37 Å². The average Bonchev–Trinajstić information content (AvgIpc) is 2.93. The van der Waals surface area contributed by atoms with Crippen LogP contribution in [-0.2, 0) is 43.7 Å². The Morgan fingerprint density at radius 3 is 1.98 bits per heavy atom. The zero-order valence-electron chi connectivity index (χ0n) is 22.6. The molecule has 0 heterocycles. The standard InChI is InChI=1S/C18H16.C14H16O6S2/c1-3-7-15-13(5-1)9-11-18-16-8-4-2-6-14(16)10-12-17(15)18;1-21(15,16)19-10-9-12-8-7-11-5-3-4-6-13(11)14(12)20-22(2,17)18/h1,3,5,7,9-12H,2,4,6,8H2;3-8H,9-10H2,1-2H3. The molecule has 0 saturated heterocycles. The molecule has 0 fully saturated rings. The Hall–Kier alpha value is -3.46. The van der Waals surface area contributed by atoms with Gasteiger partial charge < -0.3 is 4.18 Å². The molecule has 0 aromatic heterocycles. The zero-order valence-corrected chi connectivity index (χ0v) is 24.2. The van der Waals surface area contributed by atoms with Crippen molar-refractivity contribution in [2.24, 2.45) is 0 Å². The molecule has 0 atom stereocenters. The zero-order chi connectivity index (χ0) is 28.3. The molecule has 208 valence electrons. The molecule has 0 aliphatic heterocycles. The van der Waals surface area contributed by atoms with Gasteiger partial charge in [-0.25, -0.2) is 0 Å². The van der Waals surface area contributed by atoms with Crippen molar-refractivity contribution in [1.29, 1.82) is 0 Å². The second-order valence-electron chi connectivity index (χ2n) is 10.1. The highest BCUT2D eigenvalue weighted by atomic mass is 32.2. The summed E-state index contributed by atoms with van der Waals surface area (Å²) in [6.07, 6.45) is 7.35. The SMILES string of the molecule is CS(=O)(=O)OCCc1ccc2ccccc2c1OS(C)(=O)=O.c1ccc2c(c1)ccc1c3c(ccc12)CCCC3. The van der Waals surface area contributed by atoms with Gasteiger partial charge in [-0.15, -0.1) is 0 Å². The Morgan fingerprint density at radius 2 is 1.25 bits per heavy atom. The Labute approximate surface area is 235 Å². The summed E-state index contributed by atoms with van der Waals surface area (Å²) in [4.78, 5) is 0. The summed E-state index contributed by atoms with van der Waals surface area (Å²) in [5.74, 6) is 0.206. The van der Waals surface area contributed by atoms with E-state index in [-0.39, 0.29) is 18.8 Å². The van der Waals surface area contributed by atoms with Crippen LogP contribution in [-0.4, -0.2) is 36.0 Å². The summed E-state index contributed by atoms with van der Waals surface area (Å²) in [5, 5.41) is 7.11. The molecule has 5 aromatic carbocycles. The molecule has 0 amide bonds. The van der Waals surface area contributed by atoms with E-state index in [2.05, 4.69) is 48.5 Å². The maximum Gasteiger partial charge on any atom is 0.306 e. The van der Waals surface area contributed by atoms with Gasteiger partial charge in [-0.05, 0) is 69.3 Å². The minimum atomic E-state index is -3.70. The van der Waals surface area contributed by atoms with Crippen molar-refractivity contribution in [3.63, 3.8) is 0 Å². The fraction of sp³-hybridized carbons (Fsp3) is 0.250. The van der Waals surface area contributed by atoms with Crippen LogP contribution in [0.4, 0.5) is 0 Å². The molecule has 0 saturated carbocycles. The maximum absolute atomic E-state index is 11.5. The van der Waals surface area contributed by atoms with E-state index in [1.807, 2.05) is 18.2 Å². The summed E-state index contributed by atoms with van der Waals surface area (Å²) in [6, 6.07) is 28.7. The monoisotopic (exact) mass is 576 g/mol. The molecule has 6 nitrogen and oxygen atoms in total. The van der Waals surface area contributed by atoms with Crippen molar-refractivity contribution in [1.82, 2.24) is 0 Å². The number of benzene rings is 5. The van der Waals surface area contributed by atoms with Crippen molar-refractivity contribution in [3.05, 3.63) is 102 Å². The van der Waals surface area contributed by atoms with Gasteiger partial charge in [0, 0.05) is 11.8 Å². The molecule has 8 heteroatoms. The lowest BCUT2D eigenvalue weighted by Gasteiger charge is -2.18. The van der Waals surface area contributed by atoms with Gasteiger partial charge in [-0.2, -0.15) is 16.8 Å². The van der Waals surface area contributed by atoms with E-state index in [1.165, 1.54) is 47.2 Å². The topological polar surface area (TPSA) is 86.7 Å². The second-order valence-corrected chi connectivity index (χ2v) is 13.3. The molecule has 0 N–H and O–H groups in total. The molecule has 0 spiro atoms. The summed E-state index contributed by atoms with van der Waals surface area (Å²) >= 11 is 0. The molecule has 5 aromatic rings. The third-order valence-electron chi connectivity index (χ3n) is 7.12. The van der Waals surface area contributed by atoms with Crippen molar-refractivity contribution < 1.29 is 25.2 Å². The van der Waals surface area contributed by atoms with Crippen LogP contribution in [0.5, 0.6) is 5.75 Å². The highest BCUT2D eigenvalue weighted by molar-refractivity contribution is 7.86. The molecule has 1 aliphatic carbocycles. The Bertz CT molecular complexity index is 1910. The summed E-state index contributed by atoms with van der Waals surface area (Å²) in [7, 11) is -7.25. The fourth-order valence-corrected chi connectivity index (χ4v) is 6.27. The van der Waals surface area contributed by atoms with Crippen molar-refractivity contribution in [2.75, 3.05) is 19.1 Å². The van der Waals surface area contributed by atoms with Gasteiger partial charge in [-0.1, -0.05) is 84.9 Å². The number of hydrogen-bond donors (Lipinski definition) is 0. The Morgan fingerprint density at radius 1 is 0.625 bits per heavy atom. The van der Waals surface area contributed by atoms with Gasteiger partial charge in [0.1, 0.15) is 0 Å². The Balaban J connectivity index is 0.000000164. The molecule has 0 bridgehead atoms. The second kappa shape index (κ2) is 11.6. The Kier molecular flexibility index (Phi) is 8.12. The first-order valence-electron chi connectivity index (χ1n) is 13.3. The van der Waals surface area contributed by atoms with Crippen LogP contribution in [0.3, 0.4) is 0 Å². The lowest BCUT2D eigenvalue weighted by molar-refractivity contribution is 0.324. The van der Waals surface area contributed by atoms with E-state index in [0.29, 0.717) is 10.9 Å². The highest BCUT2D eigenvalue weighted by Crippen LogP contribution is 2.33. The van der Waals surface area contributed by atoms with Crippen molar-refractivity contribution >= 4 is 52.6 Å². The number of fused-ring (bicyclic) bond motifs is 6. The molecule has 0 radical (unpaired) electrons. The lowest BCUT2D eigenvalue weighted by Crippen LogP contribution is -2.10. The molecular weight excluding hydrogens is 544 g/mol. The number of rotatable bonds is 6. The van der Waals surface area contributed by atoms with E-state index in [9.17, 15) is 16.8 Å². The molecule has 0 unspecified atom stereocenters. The van der Waals surface area contributed by atoms with Crippen LogP contribution in [0.2, 0.25) is 0 Å². The van der Waals surface area contributed by atoms with Gasteiger partial charge in [0.05, 0.1) is 19.1 Å². The summed E-state index contributed by atoms with van der Waals surface area (Å²) in [6.45, 7) is -0.0860. The van der Waals surface area contributed by atoms with E-state index < -0.39 is 20.2 Å². The van der Waals surface area contributed by atoms with Crippen LogP contribution in [0, 0.1) is 0 Å². The first kappa shape index (κ1) is 28.1. The smallest absolute Gasteiger partial charge is 0.306 e. The minimum absolute atomic E-state index is 0.0860. The lowest BCUT2D eigenvalue weighted by atomic mass is 9.86. The first-order valence-corrected chi connectivity index (χ1v) is 16.9. The van der Waals surface area contributed by atoms with Crippen LogP contribution in [0.15, 0.2) is 84.9 Å². The van der Waals surface area contributed by atoms with Gasteiger partial charge in [0.2, 0.25) is 0 Å². The number of aryl methyl sites for hydroxylation is 2.